The minimum Gasteiger partial charge on any atom is -0.457 e. The fourth-order valence-corrected chi connectivity index (χ4v) is 8.65. The first-order valence-electron chi connectivity index (χ1n) is 21.4. The largest absolute Gasteiger partial charge is 0.460 e. The highest BCUT2D eigenvalue weighted by Gasteiger charge is 2.95. The van der Waals surface area contributed by atoms with Crippen molar-refractivity contribution in [1.29, 1.82) is 0 Å². The first kappa shape index (κ1) is 59.1. The highest BCUT2D eigenvalue weighted by molar-refractivity contribution is 7.99. The number of amides is 2. The van der Waals surface area contributed by atoms with Crippen molar-refractivity contribution in [1.82, 2.24) is 4.90 Å². The lowest BCUT2D eigenvalue weighted by Crippen LogP contribution is -2.74. The Morgan fingerprint density at radius 1 is 0.616 bits per heavy atom. The minimum absolute atomic E-state index is 0.0674. The fourth-order valence-electron chi connectivity index (χ4n) is 7.42. The van der Waals surface area contributed by atoms with Crippen molar-refractivity contribution in [2.45, 2.75) is 123 Å². The van der Waals surface area contributed by atoms with Crippen LogP contribution in [0.3, 0.4) is 0 Å². The molecule has 0 radical (unpaired) electrons. The van der Waals surface area contributed by atoms with Gasteiger partial charge < -0.3 is 28.8 Å². The molecule has 2 amide bonds. The van der Waals surface area contributed by atoms with Gasteiger partial charge in [0, 0.05) is 38.9 Å². The molecule has 3 aromatic rings. The Morgan fingerprint density at radius 2 is 1.11 bits per heavy atom. The highest BCUT2D eigenvalue weighted by Crippen LogP contribution is 2.64. The Hall–Kier alpha value is -4.77. The van der Waals surface area contributed by atoms with Gasteiger partial charge in [0.2, 0.25) is 0 Å². The lowest BCUT2D eigenvalue weighted by Gasteiger charge is -2.46. The Morgan fingerprint density at radius 3 is 1.68 bits per heavy atom. The zero-order valence-corrected chi connectivity index (χ0v) is 38.3. The van der Waals surface area contributed by atoms with Crippen molar-refractivity contribution < 1.29 is 118 Å². The van der Waals surface area contributed by atoms with Crippen LogP contribution in [0.2, 0.25) is 0 Å². The summed E-state index contributed by atoms with van der Waals surface area (Å²) in [5, 5.41) is 11.6. The van der Waals surface area contributed by atoms with Crippen LogP contribution in [0.15, 0.2) is 78.9 Å². The molecule has 1 fully saturated rings. The summed E-state index contributed by atoms with van der Waals surface area (Å²) in [7, 11) is 0. The standard InChI is InChI=1S/C45H42F17NO9S/c1-25(64)71-34-32(63-35(66)29-14-5-6-15-30(29)36(63)67)37(72-31(33(34)65)23-70-21-26-10-3-2-4-11-26)73-24-28-13-7-12-27(20-28)22-69-19-9-18-68-17-8-16-38(46,47)39(48,49)40(50,51)41(52,53)42(54,55)43(56,57)44(58,59)45(60,61)62/h2-7,10-15,20,31-34,37,65H,8-9,16-19,21-24H2,1H3/t31-,32-,33-,34-,37+/m1/s1. The summed E-state index contributed by atoms with van der Waals surface area (Å²) in [5.41, 5.74) is 1.01. The number of aliphatic hydroxyl groups excluding tert-OH is 1. The monoisotopic (exact) mass is 1100 g/mol. The Labute approximate surface area is 407 Å². The molecule has 0 aliphatic carbocycles. The average Bonchev–Trinajstić information content (AvgIpc) is 3.56. The number of alkyl halides is 17. The molecule has 28 heteroatoms. The molecule has 73 heavy (non-hydrogen) atoms. The number of thioether (sulfide) groups is 1. The van der Waals surface area contributed by atoms with Gasteiger partial charge in [-0.3, -0.25) is 19.3 Å². The minimum atomic E-state index is -8.69. The van der Waals surface area contributed by atoms with Crippen LogP contribution in [0, 0.1) is 0 Å². The summed E-state index contributed by atoms with van der Waals surface area (Å²) in [6.45, 7) is -0.678. The number of esters is 1. The van der Waals surface area contributed by atoms with E-state index in [1.165, 1.54) is 12.1 Å². The molecule has 406 valence electrons. The maximum absolute atomic E-state index is 14.2. The van der Waals surface area contributed by atoms with E-state index in [9.17, 15) is 94.1 Å². The molecule has 0 unspecified atom stereocenters. The smallest absolute Gasteiger partial charge is 0.457 e. The van der Waals surface area contributed by atoms with E-state index >= 15 is 0 Å². The summed E-state index contributed by atoms with van der Waals surface area (Å²) < 4.78 is 258. The quantitative estimate of drug-likeness (QED) is 0.0380. The molecule has 0 aromatic heterocycles. The third-order valence-electron chi connectivity index (χ3n) is 11.3. The van der Waals surface area contributed by atoms with Crippen molar-refractivity contribution in [3.05, 3.63) is 107 Å². The normalized spacial score (nSPS) is 20.6. The van der Waals surface area contributed by atoms with E-state index < -0.39 is 121 Å². The number of nitrogens with zero attached hydrogens (tertiary/aromatic N) is 1. The number of halogens is 17. The number of carbonyl (C=O) groups excluding carboxylic acids is 3. The van der Waals surface area contributed by atoms with Crippen LogP contribution in [-0.4, -0.2) is 132 Å². The Kier molecular flexibility index (Phi) is 18.3. The second kappa shape index (κ2) is 22.6. The molecule has 3 aromatic carbocycles. The molecule has 0 spiro atoms. The summed E-state index contributed by atoms with van der Waals surface area (Å²) >= 11 is 1.09. The number of hydrogen-bond acceptors (Lipinski definition) is 10. The predicted molar refractivity (Wildman–Crippen MR) is 220 cm³/mol. The van der Waals surface area contributed by atoms with Gasteiger partial charge in [-0.25, -0.2) is 0 Å². The number of carbonyl (C=O) groups is 3. The van der Waals surface area contributed by atoms with Gasteiger partial charge in [-0.2, -0.15) is 74.6 Å². The summed E-state index contributed by atoms with van der Waals surface area (Å²) in [6, 6.07) is 20.3. The molecule has 2 aliphatic rings. The molecule has 10 nitrogen and oxygen atoms in total. The molecular formula is C45H42F17NO9S. The van der Waals surface area contributed by atoms with Gasteiger partial charge in [0.15, 0.2) is 6.10 Å². The number of imide groups is 1. The van der Waals surface area contributed by atoms with E-state index in [1.807, 2.05) is 0 Å². The number of rotatable bonds is 25. The zero-order chi connectivity index (χ0) is 54.6. The van der Waals surface area contributed by atoms with Gasteiger partial charge in [-0.1, -0.05) is 66.7 Å². The van der Waals surface area contributed by atoms with Crippen LogP contribution in [0.25, 0.3) is 0 Å². The number of benzene rings is 3. The molecule has 1 N–H and O–H groups in total. The number of ether oxygens (including phenoxy) is 5. The van der Waals surface area contributed by atoms with E-state index in [-0.39, 0.29) is 49.7 Å². The van der Waals surface area contributed by atoms with Crippen LogP contribution in [0.4, 0.5) is 74.6 Å². The van der Waals surface area contributed by atoms with Gasteiger partial charge in [0.1, 0.15) is 23.7 Å². The van der Waals surface area contributed by atoms with Crippen LogP contribution in [0.1, 0.15) is 63.6 Å². The maximum Gasteiger partial charge on any atom is 0.460 e. The first-order chi connectivity index (χ1) is 33.8. The molecule has 2 heterocycles. The van der Waals surface area contributed by atoms with Crippen LogP contribution in [0.5, 0.6) is 0 Å². The molecule has 0 bridgehead atoms. The lowest BCUT2D eigenvalue weighted by molar-refractivity contribution is -0.461. The zero-order valence-electron chi connectivity index (χ0n) is 37.5. The van der Waals surface area contributed by atoms with E-state index in [4.69, 9.17) is 23.7 Å². The van der Waals surface area contributed by atoms with Crippen molar-refractivity contribution in [3.8, 4) is 0 Å². The molecule has 1 saturated heterocycles. The van der Waals surface area contributed by atoms with Crippen LogP contribution in [-0.2, 0) is 47.4 Å². The van der Waals surface area contributed by atoms with E-state index in [2.05, 4.69) is 0 Å². The van der Waals surface area contributed by atoms with E-state index in [0.717, 1.165) is 29.1 Å². The van der Waals surface area contributed by atoms with Gasteiger partial charge in [-0.05, 0) is 41.7 Å². The summed E-state index contributed by atoms with van der Waals surface area (Å²) in [5.74, 6) is -58.8. The number of fused-ring (bicyclic) bond motifs is 1. The Balaban J connectivity index is 1.15. The molecule has 5 rings (SSSR count). The van der Waals surface area contributed by atoms with Crippen molar-refractivity contribution >= 4 is 29.5 Å². The molecule has 2 aliphatic heterocycles. The second-order valence-corrected chi connectivity index (χ2v) is 17.6. The molecule has 0 saturated carbocycles. The number of hydrogen-bond donors (Lipinski definition) is 1. The summed E-state index contributed by atoms with van der Waals surface area (Å²) in [6.07, 6.45) is -16.1. The van der Waals surface area contributed by atoms with Gasteiger partial charge in [0.25, 0.3) is 11.8 Å². The van der Waals surface area contributed by atoms with Gasteiger partial charge in [0.05, 0.1) is 30.9 Å². The van der Waals surface area contributed by atoms with E-state index in [1.54, 1.807) is 66.7 Å². The third kappa shape index (κ3) is 11.9. The van der Waals surface area contributed by atoms with Crippen molar-refractivity contribution in [2.24, 2.45) is 0 Å². The van der Waals surface area contributed by atoms with Gasteiger partial charge >= 0.3 is 53.6 Å². The molecule has 5 atom stereocenters. The van der Waals surface area contributed by atoms with Crippen molar-refractivity contribution in [2.75, 3.05) is 26.4 Å². The van der Waals surface area contributed by atoms with E-state index in [0.29, 0.717) is 11.1 Å². The average molecular weight is 1100 g/mol. The topological polar surface area (TPSA) is 121 Å². The van der Waals surface area contributed by atoms with Crippen molar-refractivity contribution in [3.63, 3.8) is 0 Å². The molecular weight excluding hydrogens is 1050 g/mol. The maximum atomic E-state index is 14.2. The number of aliphatic hydroxyl groups is 1. The fraction of sp³-hybridized carbons (Fsp3) is 0.533. The third-order valence-corrected chi connectivity index (χ3v) is 12.5. The van der Waals surface area contributed by atoms with Crippen LogP contribution >= 0.6 is 11.8 Å². The second-order valence-electron chi connectivity index (χ2n) is 16.5. The highest BCUT2D eigenvalue weighted by atomic mass is 32.2. The van der Waals surface area contributed by atoms with Crippen LogP contribution < -0.4 is 0 Å². The van der Waals surface area contributed by atoms with Gasteiger partial charge in [-0.15, -0.1) is 11.8 Å². The summed E-state index contributed by atoms with van der Waals surface area (Å²) in [4.78, 5) is 40.8. The lowest BCUT2D eigenvalue weighted by atomic mass is 9.88. The first-order valence-corrected chi connectivity index (χ1v) is 22.5. The predicted octanol–water partition coefficient (Wildman–Crippen LogP) is 10.5. The Bertz CT molecular complexity index is 2340. The SMILES string of the molecule is CC(=O)O[C@H]1[C@H](O)[C@@H](COCc2ccccc2)O[C@@H](SCc2cccc(COCCCOCCCC(F)(F)C(F)(F)C(F)(F)C(F)(F)C(F)(F)C(F)(F)C(F)(F)C(F)(F)F)c2)[C@@H]1N1C(=O)c2ccccc2C1=O.